The van der Waals surface area contributed by atoms with Crippen LogP contribution in [-0.2, 0) is 9.53 Å². The molecule has 0 aliphatic carbocycles. The van der Waals surface area contributed by atoms with Crippen LogP contribution < -0.4 is 5.32 Å². The SMILES string of the molecule is CCC1OC(O)C(NC(=O)CCl)[C@@H](O)C1O. The van der Waals surface area contributed by atoms with E-state index in [9.17, 15) is 20.1 Å². The van der Waals surface area contributed by atoms with Gasteiger partial charge in [0.05, 0.1) is 6.10 Å². The third kappa shape index (κ3) is 2.83. The zero-order valence-electron chi connectivity index (χ0n) is 8.84. The Morgan fingerprint density at radius 2 is 2.00 bits per heavy atom. The van der Waals surface area contributed by atoms with Gasteiger partial charge in [-0.15, -0.1) is 11.6 Å². The summed E-state index contributed by atoms with van der Waals surface area (Å²) < 4.78 is 5.06. The molecule has 0 spiro atoms. The molecule has 4 N–H and O–H groups in total. The fraction of sp³-hybridized carbons (Fsp3) is 0.889. The van der Waals surface area contributed by atoms with Gasteiger partial charge in [-0.1, -0.05) is 6.92 Å². The molecule has 0 bridgehead atoms. The summed E-state index contributed by atoms with van der Waals surface area (Å²) in [5.41, 5.74) is 0. The smallest absolute Gasteiger partial charge is 0.235 e. The van der Waals surface area contributed by atoms with Crippen molar-refractivity contribution in [2.75, 3.05) is 5.88 Å². The molecule has 0 aromatic carbocycles. The summed E-state index contributed by atoms with van der Waals surface area (Å²) in [6.45, 7) is 1.75. The number of carbonyl (C=O) groups excluding carboxylic acids is 1. The van der Waals surface area contributed by atoms with Crippen molar-refractivity contribution in [2.45, 2.75) is 44.0 Å². The molecule has 4 unspecified atom stereocenters. The minimum atomic E-state index is -1.35. The molecular formula is C9H16ClNO5. The highest BCUT2D eigenvalue weighted by atomic mass is 35.5. The van der Waals surface area contributed by atoms with Gasteiger partial charge in [0, 0.05) is 0 Å². The minimum absolute atomic E-state index is 0.288. The average Bonchev–Trinajstić information content (AvgIpc) is 2.28. The van der Waals surface area contributed by atoms with E-state index < -0.39 is 36.6 Å². The summed E-state index contributed by atoms with van der Waals surface area (Å²) >= 11 is 5.28. The highest BCUT2D eigenvalue weighted by Crippen LogP contribution is 2.21. The Morgan fingerprint density at radius 3 is 2.50 bits per heavy atom. The predicted molar refractivity (Wildman–Crippen MR) is 55.8 cm³/mol. The number of amides is 1. The first-order valence-electron chi connectivity index (χ1n) is 5.06. The van der Waals surface area contributed by atoms with E-state index in [0.29, 0.717) is 6.42 Å². The van der Waals surface area contributed by atoms with Crippen LogP contribution in [0.1, 0.15) is 13.3 Å². The summed E-state index contributed by atoms with van der Waals surface area (Å²) in [6.07, 6.45) is -3.97. The van der Waals surface area contributed by atoms with Crippen LogP contribution in [-0.4, -0.2) is 57.8 Å². The van der Waals surface area contributed by atoms with Crippen molar-refractivity contribution in [3.05, 3.63) is 0 Å². The quantitative estimate of drug-likeness (QED) is 0.462. The Balaban J connectivity index is 2.67. The van der Waals surface area contributed by atoms with Crippen LogP contribution >= 0.6 is 11.6 Å². The molecule has 5 atom stereocenters. The van der Waals surface area contributed by atoms with Crippen molar-refractivity contribution >= 4 is 17.5 Å². The molecule has 0 aromatic rings. The van der Waals surface area contributed by atoms with E-state index in [2.05, 4.69) is 5.32 Å². The fourth-order valence-electron chi connectivity index (χ4n) is 1.66. The zero-order valence-corrected chi connectivity index (χ0v) is 9.59. The van der Waals surface area contributed by atoms with Crippen LogP contribution in [0.3, 0.4) is 0 Å². The number of nitrogens with one attached hydrogen (secondary N) is 1. The molecule has 7 heteroatoms. The van der Waals surface area contributed by atoms with Gasteiger partial charge in [0.25, 0.3) is 0 Å². The van der Waals surface area contributed by atoms with E-state index >= 15 is 0 Å². The average molecular weight is 254 g/mol. The van der Waals surface area contributed by atoms with E-state index in [0.717, 1.165) is 0 Å². The molecular weight excluding hydrogens is 238 g/mol. The standard InChI is InChI=1S/C9H16ClNO5/c1-2-4-7(13)8(14)6(9(15)16-4)11-5(12)3-10/h4,6-9,13-15H,2-3H2,1H3,(H,11,12)/t4?,6?,7?,8-,9?/m1/s1. The first-order chi connectivity index (χ1) is 7.51. The van der Waals surface area contributed by atoms with Gasteiger partial charge in [0.2, 0.25) is 5.91 Å². The van der Waals surface area contributed by atoms with Crippen LogP contribution in [0.15, 0.2) is 0 Å². The molecule has 0 aromatic heterocycles. The summed E-state index contributed by atoms with van der Waals surface area (Å²) in [6, 6.07) is -1.07. The van der Waals surface area contributed by atoms with Gasteiger partial charge >= 0.3 is 0 Å². The molecule has 1 fully saturated rings. The number of hydrogen-bond donors (Lipinski definition) is 4. The molecule has 1 aliphatic heterocycles. The van der Waals surface area contributed by atoms with Crippen molar-refractivity contribution in [3.63, 3.8) is 0 Å². The van der Waals surface area contributed by atoms with E-state index in [4.69, 9.17) is 16.3 Å². The largest absolute Gasteiger partial charge is 0.388 e. The lowest BCUT2D eigenvalue weighted by molar-refractivity contribution is -0.247. The van der Waals surface area contributed by atoms with Crippen molar-refractivity contribution in [1.82, 2.24) is 5.32 Å². The number of hydrogen-bond acceptors (Lipinski definition) is 5. The molecule has 1 rings (SSSR count). The molecule has 1 heterocycles. The molecule has 16 heavy (non-hydrogen) atoms. The summed E-state index contributed by atoms with van der Waals surface area (Å²) in [5, 5.41) is 31.2. The highest BCUT2D eigenvalue weighted by molar-refractivity contribution is 6.27. The van der Waals surface area contributed by atoms with Gasteiger partial charge in [-0.2, -0.15) is 0 Å². The number of aliphatic hydroxyl groups excluding tert-OH is 3. The van der Waals surface area contributed by atoms with Crippen molar-refractivity contribution in [1.29, 1.82) is 0 Å². The maximum atomic E-state index is 11.0. The molecule has 0 radical (unpaired) electrons. The molecule has 1 aliphatic rings. The monoisotopic (exact) mass is 253 g/mol. The van der Waals surface area contributed by atoms with Crippen LogP contribution in [0.5, 0.6) is 0 Å². The lowest BCUT2D eigenvalue weighted by Gasteiger charge is -2.40. The lowest BCUT2D eigenvalue weighted by atomic mass is 9.95. The Kier molecular flexibility index (Phi) is 4.94. The topological polar surface area (TPSA) is 99.0 Å². The van der Waals surface area contributed by atoms with Gasteiger partial charge in [0.1, 0.15) is 24.1 Å². The second-order valence-electron chi connectivity index (χ2n) is 3.68. The summed E-state index contributed by atoms with van der Waals surface area (Å²) in [7, 11) is 0. The second kappa shape index (κ2) is 5.79. The maximum Gasteiger partial charge on any atom is 0.235 e. The second-order valence-corrected chi connectivity index (χ2v) is 3.95. The fourth-order valence-corrected chi connectivity index (χ4v) is 1.74. The number of ether oxygens (including phenoxy) is 1. The number of aliphatic hydroxyl groups is 3. The summed E-state index contributed by atoms with van der Waals surface area (Å²) in [4.78, 5) is 11.0. The van der Waals surface area contributed by atoms with Crippen LogP contribution in [0, 0.1) is 0 Å². The lowest BCUT2D eigenvalue weighted by Crippen LogP contribution is -2.63. The predicted octanol–water partition coefficient (Wildman–Crippen LogP) is -1.44. The molecule has 0 saturated carbocycles. The van der Waals surface area contributed by atoms with Crippen LogP contribution in [0.2, 0.25) is 0 Å². The highest BCUT2D eigenvalue weighted by Gasteiger charge is 2.43. The third-order valence-corrected chi connectivity index (χ3v) is 2.81. The van der Waals surface area contributed by atoms with E-state index in [1.54, 1.807) is 6.92 Å². The van der Waals surface area contributed by atoms with Crippen molar-refractivity contribution in [2.24, 2.45) is 0 Å². The first-order valence-corrected chi connectivity index (χ1v) is 5.59. The number of rotatable bonds is 3. The molecule has 1 saturated heterocycles. The normalized spacial score (nSPS) is 39.4. The first kappa shape index (κ1) is 13.7. The van der Waals surface area contributed by atoms with E-state index in [-0.39, 0.29) is 5.88 Å². The van der Waals surface area contributed by atoms with Crippen molar-refractivity contribution < 1.29 is 24.9 Å². The van der Waals surface area contributed by atoms with Crippen molar-refractivity contribution in [3.8, 4) is 0 Å². The Labute approximate surface area is 98.2 Å². The Bertz CT molecular complexity index is 252. The molecule has 94 valence electrons. The van der Waals surface area contributed by atoms with Gasteiger partial charge in [0.15, 0.2) is 6.29 Å². The molecule has 6 nitrogen and oxygen atoms in total. The van der Waals surface area contributed by atoms with E-state index in [1.807, 2.05) is 0 Å². The Hall–Kier alpha value is -0.400. The van der Waals surface area contributed by atoms with Crippen LogP contribution in [0.25, 0.3) is 0 Å². The van der Waals surface area contributed by atoms with Gasteiger partial charge in [-0.25, -0.2) is 0 Å². The van der Waals surface area contributed by atoms with Gasteiger partial charge in [-0.05, 0) is 6.42 Å². The minimum Gasteiger partial charge on any atom is -0.388 e. The maximum absolute atomic E-state index is 11.0. The number of halogens is 1. The molecule has 1 amide bonds. The van der Waals surface area contributed by atoms with Gasteiger partial charge in [-0.3, -0.25) is 4.79 Å². The summed E-state index contributed by atoms with van der Waals surface area (Å²) in [5.74, 6) is -0.834. The Morgan fingerprint density at radius 1 is 1.38 bits per heavy atom. The third-order valence-electron chi connectivity index (χ3n) is 2.57. The number of carbonyl (C=O) groups is 1. The zero-order chi connectivity index (χ0) is 12.3. The van der Waals surface area contributed by atoms with Crippen LogP contribution in [0.4, 0.5) is 0 Å². The van der Waals surface area contributed by atoms with Gasteiger partial charge < -0.3 is 25.4 Å². The number of alkyl halides is 1. The van der Waals surface area contributed by atoms with E-state index in [1.165, 1.54) is 0 Å².